The molecule has 1 atom stereocenters. The number of anilines is 1. The molecule has 0 saturated heterocycles. The van der Waals surface area contributed by atoms with Crippen LogP contribution in [0.4, 0.5) is 5.69 Å². The summed E-state index contributed by atoms with van der Waals surface area (Å²) in [6, 6.07) is 1.67. The number of carbonyl (C=O) groups excluding carboxylic acids is 1. The van der Waals surface area contributed by atoms with Gasteiger partial charge in [-0.1, -0.05) is 11.6 Å². The monoisotopic (exact) mass is 287 g/mol. The minimum Gasteiger partial charge on any atom is -0.496 e. The lowest BCUT2D eigenvalue weighted by molar-refractivity contribution is 0.0597. The molecule has 96 valence electrons. The van der Waals surface area contributed by atoms with Crippen molar-refractivity contribution in [3.8, 4) is 5.75 Å². The van der Waals surface area contributed by atoms with E-state index in [1.807, 2.05) is 0 Å². The first-order chi connectivity index (χ1) is 8.60. The number of benzene rings is 1. The molecule has 1 aromatic carbocycles. The van der Waals surface area contributed by atoms with Gasteiger partial charge in [0, 0.05) is 17.3 Å². The van der Waals surface area contributed by atoms with Crippen LogP contribution in [0.3, 0.4) is 0 Å². The van der Waals surface area contributed by atoms with Gasteiger partial charge in [0.15, 0.2) is 0 Å². The summed E-state index contributed by atoms with van der Waals surface area (Å²) in [6.45, 7) is 0. The third-order valence-corrected chi connectivity index (χ3v) is 3.41. The second kappa shape index (κ2) is 5.08. The first-order valence-corrected chi connectivity index (χ1v) is 5.97. The quantitative estimate of drug-likeness (QED) is 0.669. The lowest BCUT2D eigenvalue weighted by Crippen LogP contribution is -2.11. The average Bonchev–Trinajstić information content (AvgIpc) is 2.37. The molecule has 0 bridgehead atoms. The van der Waals surface area contributed by atoms with Crippen molar-refractivity contribution < 1.29 is 14.3 Å². The number of esters is 1. The maximum atomic E-state index is 11.7. The van der Waals surface area contributed by atoms with Gasteiger partial charge in [-0.3, -0.25) is 0 Å². The van der Waals surface area contributed by atoms with E-state index < -0.39 is 11.3 Å². The molecule has 0 amide bonds. The van der Waals surface area contributed by atoms with Crippen LogP contribution in [0.2, 0.25) is 5.02 Å². The van der Waals surface area contributed by atoms with E-state index in [2.05, 4.69) is 5.32 Å². The van der Waals surface area contributed by atoms with Gasteiger partial charge in [-0.2, -0.15) is 0 Å². The second-order valence-electron chi connectivity index (χ2n) is 3.63. The molecule has 0 saturated carbocycles. The van der Waals surface area contributed by atoms with E-state index in [9.17, 15) is 4.79 Å². The van der Waals surface area contributed by atoms with Crippen molar-refractivity contribution in [1.82, 2.24) is 0 Å². The molecule has 1 aliphatic rings. The van der Waals surface area contributed by atoms with Crippen LogP contribution in [0.25, 0.3) is 0 Å². The molecule has 1 N–H and O–H groups in total. The van der Waals surface area contributed by atoms with Gasteiger partial charge in [0.2, 0.25) is 0 Å². The first kappa shape index (κ1) is 13.1. The molecule has 0 spiro atoms. The Labute approximate surface area is 114 Å². The Bertz CT molecular complexity index is 529. The van der Waals surface area contributed by atoms with Gasteiger partial charge in [0.1, 0.15) is 11.3 Å². The minimum atomic E-state index is -0.557. The summed E-state index contributed by atoms with van der Waals surface area (Å²) in [7, 11) is 2.75. The normalized spacial score (nSPS) is 16.8. The van der Waals surface area contributed by atoms with Crippen LogP contribution in [0.15, 0.2) is 18.3 Å². The van der Waals surface area contributed by atoms with Gasteiger partial charge in [-0.15, -0.1) is 11.6 Å². The number of halogens is 2. The minimum absolute atomic E-state index is 0.183. The van der Waals surface area contributed by atoms with Gasteiger partial charge < -0.3 is 14.8 Å². The summed E-state index contributed by atoms with van der Waals surface area (Å²) in [4.78, 5) is 11.7. The van der Waals surface area contributed by atoms with E-state index in [0.29, 0.717) is 17.0 Å². The molecule has 4 nitrogen and oxygen atoms in total. The van der Waals surface area contributed by atoms with Crippen LogP contribution in [0.1, 0.15) is 21.3 Å². The van der Waals surface area contributed by atoms with Gasteiger partial charge in [0.25, 0.3) is 0 Å². The van der Waals surface area contributed by atoms with E-state index in [-0.39, 0.29) is 10.6 Å². The summed E-state index contributed by atoms with van der Waals surface area (Å²) in [5.74, 6) is -0.213. The molecule has 2 rings (SSSR count). The third-order valence-electron chi connectivity index (χ3n) is 2.66. The Kier molecular flexibility index (Phi) is 3.68. The van der Waals surface area contributed by atoms with Crippen molar-refractivity contribution in [3.05, 3.63) is 34.5 Å². The second-order valence-corrected chi connectivity index (χ2v) is 4.47. The molecule has 6 heteroatoms. The average molecular weight is 288 g/mol. The van der Waals surface area contributed by atoms with E-state index in [0.717, 1.165) is 0 Å². The van der Waals surface area contributed by atoms with E-state index >= 15 is 0 Å². The van der Waals surface area contributed by atoms with Gasteiger partial charge >= 0.3 is 5.97 Å². The van der Waals surface area contributed by atoms with Crippen LogP contribution in [-0.2, 0) is 4.74 Å². The fraction of sp³-hybridized carbons (Fsp3) is 0.250. The highest BCUT2D eigenvalue weighted by Crippen LogP contribution is 2.43. The molecule has 0 aliphatic carbocycles. The van der Waals surface area contributed by atoms with Crippen molar-refractivity contribution in [2.24, 2.45) is 0 Å². The molecular weight excluding hydrogens is 277 g/mol. The molecule has 0 radical (unpaired) electrons. The van der Waals surface area contributed by atoms with Crippen LogP contribution in [-0.4, -0.2) is 20.2 Å². The van der Waals surface area contributed by atoms with Gasteiger partial charge in [-0.25, -0.2) is 4.79 Å². The molecule has 18 heavy (non-hydrogen) atoms. The molecule has 1 unspecified atom stereocenters. The zero-order valence-electron chi connectivity index (χ0n) is 9.79. The number of carbonyl (C=O) groups is 1. The Morgan fingerprint density at radius 2 is 2.17 bits per heavy atom. The van der Waals surface area contributed by atoms with Crippen molar-refractivity contribution in [1.29, 1.82) is 0 Å². The third kappa shape index (κ3) is 2.02. The number of alkyl halides is 1. The Hall–Kier alpha value is -1.39. The Morgan fingerprint density at radius 3 is 2.78 bits per heavy atom. The predicted molar refractivity (Wildman–Crippen MR) is 70.7 cm³/mol. The number of rotatable bonds is 2. The van der Waals surface area contributed by atoms with Gasteiger partial charge in [0.05, 0.1) is 24.6 Å². The highest BCUT2D eigenvalue weighted by Gasteiger charge is 2.27. The van der Waals surface area contributed by atoms with Crippen LogP contribution in [0, 0.1) is 0 Å². The molecule has 1 aromatic rings. The standard InChI is InChI=1S/C12H11Cl2NO3/c1-17-8-5-7-9(6(13)3-4-15-7)11(14)10(8)12(16)18-2/h3-6,15H,1-2H3. The summed E-state index contributed by atoms with van der Waals surface area (Å²) in [6.07, 6.45) is 3.46. The fourth-order valence-corrected chi connectivity index (χ4v) is 2.55. The molecule has 0 aromatic heterocycles. The summed E-state index contributed by atoms with van der Waals surface area (Å²) >= 11 is 12.4. The van der Waals surface area contributed by atoms with E-state index in [4.69, 9.17) is 32.7 Å². The highest BCUT2D eigenvalue weighted by atomic mass is 35.5. The summed E-state index contributed by atoms with van der Waals surface area (Å²) in [5.41, 5.74) is 1.54. The van der Waals surface area contributed by atoms with E-state index in [1.54, 1.807) is 18.3 Å². The number of allylic oxidation sites excluding steroid dienone is 1. The van der Waals surface area contributed by atoms with Crippen molar-refractivity contribution in [3.63, 3.8) is 0 Å². The fourth-order valence-electron chi connectivity index (χ4n) is 1.80. The van der Waals surface area contributed by atoms with Gasteiger partial charge in [-0.05, 0) is 12.3 Å². The molecule has 1 heterocycles. The zero-order valence-corrected chi connectivity index (χ0v) is 11.3. The molecule has 0 fully saturated rings. The number of nitrogens with one attached hydrogen (secondary N) is 1. The van der Waals surface area contributed by atoms with Crippen molar-refractivity contribution in [2.45, 2.75) is 5.38 Å². The number of hydrogen-bond donors (Lipinski definition) is 1. The topological polar surface area (TPSA) is 47.6 Å². The first-order valence-electron chi connectivity index (χ1n) is 5.16. The zero-order chi connectivity index (χ0) is 13.3. The van der Waals surface area contributed by atoms with E-state index in [1.165, 1.54) is 14.2 Å². The lowest BCUT2D eigenvalue weighted by Gasteiger charge is -2.21. The Morgan fingerprint density at radius 1 is 1.44 bits per heavy atom. The Balaban J connectivity index is 2.68. The molecular formula is C12H11Cl2NO3. The number of hydrogen-bond acceptors (Lipinski definition) is 4. The maximum Gasteiger partial charge on any atom is 0.343 e. The number of ether oxygens (including phenoxy) is 2. The largest absolute Gasteiger partial charge is 0.496 e. The maximum absolute atomic E-state index is 11.7. The number of methoxy groups -OCH3 is 2. The van der Waals surface area contributed by atoms with Crippen molar-refractivity contribution in [2.75, 3.05) is 19.5 Å². The summed E-state index contributed by atoms with van der Waals surface area (Å²) < 4.78 is 9.86. The van der Waals surface area contributed by atoms with Crippen LogP contribution in [0.5, 0.6) is 5.75 Å². The SMILES string of the molecule is COC(=O)c1c(OC)cc2c(c1Cl)C(Cl)C=CN2. The smallest absolute Gasteiger partial charge is 0.343 e. The van der Waals surface area contributed by atoms with Crippen molar-refractivity contribution >= 4 is 34.9 Å². The van der Waals surface area contributed by atoms with Crippen LogP contribution < -0.4 is 10.1 Å². The lowest BCUT2D eigenvalue weighted by atomic mass is 10.0. The predicted octanol–water partition coefficient (Wildman–Crippen LogP) is 3.35. The number of fused-ring (bicyclic) bond motifs is 1. The van der Waals surface area contributed by atoms with Crippen LogP contribution >= 0.6 is 23.2 Å². The molecule has 1 aliphatic heterocycles. The summed E-state index contributed by atoms with van der Waals surface area (Å²) in [5, 5.41) is 2.85. The highest BCUT2D eigenvalue weighted by molar-refractivity contribution is 6.36.